The van der Waals surface area contributed by atoms with Crippen LogP contribution in [0.15, 0.2) is 42.5 Å². The normalized spacial score (nSPS) is 17.2. The molecule has 0 aromatic heterocycles. The van der Waals surface area contributed by atoms with Gasteiger partial charge in [0, 0.05) is 5.48 Å². The Morgan fingerprint density at radius 2 is 1.92 bits per heavy atom. The van der Waals surface area contributed by atoms with Gasteiger partial charge in [0.15, 0.2) is 11.5 Å². The molecule has 2 aromatic rings. The molecule has 2 aromatic carbocycles. The van der Waals surface area contributed by atoms with E-state index in [0.29, 0.717) is 22.8 Å². The number of hydrogen-bond acceptors (Lipinski definition) is 4. The third-order valence-electron chi connectivity index (χ3n) is 3.56. The van der Waals surface area contributed by atoms with Crippen molar-refractivity contribution in [2.24, 2.45) is 0 Å². The molecule has 0 fully saturated rings. The lowest BCUT2D eigenvalue weighted by Gasteiger charge is -2.13. The van der Waals surface area contributed by atoms with Crippen LogP contribution in [0.2, 0.25) is 0 Å². The second kappa shape index (κ2) is 9.94. The second-order valence-corrected chi connectivity index (χ2v) is 5.52. The summed E-state index contributed by atoms with van der Waals surface area (Å²) in [6.07, 6.45) is -8.03. The Kier molecular flexibility index (Phi) is 5.20. The average Bonchev–Trinajstić information content (AvgIpc) is 2.65. The van der Waals surface area contributed by atoms with E-state index >= 15 is 0 Å². The Morgan fingerprint density at radius 3 is 2.64 bits per heavy atom. The van der Waals surface area contributed by atoms with Crippen molar-refractivity contribution in [1.29, 1.82) is 0 Å². The summed E-state index contributed by atoms with van der Waals surface area (Å²) in [6.45, 7) is 1.23. The van der Waals surface area contributed by atoms with E-state index in [0.717, 1.165) is 5.56 Å². The molecule has 0 heterocycles. The predicted octanol–water partition coefficient (Wildman–Crippen LogP) is 4.16. The van der Waals surface area contributed by atoms with Gasteiger partial charge in [0.2, 0.25) is 0 Å². The van der Waals surface area contributed by atoms with E-state index in [1.165, 1.54) is 14.2 Å². The Labute approximate surface area is 157 Å². The molecule has 0 bridgehead atoms. The minimum absolute atomic E-state index is 0.123. The van der Waals surface area contributed by atoms with Crippen LogP contribution in [0, 0.1) is 6.92 Å². The van der Waals surface area contributed by atoms with Crippen molar-refractivity contribution >= 4 is 0 Å². The molecule has 0 saturated carbocycles. The largest absolute Gasteiger partial charge is 0.493 e. The lowest BCUT2D eigenvalue weighted by atomic mass is 10.0. The molecule has 136 valence electrons. The number of ether oxygens (including phenoxy) is 3. The lowest BCUT2D eigenvalue weighted by molar-refractivity contribution is 0.0976. The second-order valence-electron chi connectivity index (χ2n) is 5.52. The summed E-state index contributed by atoms with van der Waals surface area (Å²) in [7, 11) is 2.97. The predicted molar refractivity (Wildman–Crippen MR) is 99.8 cm³/mol. The third-order valence-corrected chi connectivity index (χ3v) is 3.56. The molecular weight excluding hydrogens is 316 g/mol. The molecule has 0 radical (unpaired) electrons. The fourth-order valence-corrected chi connectivity index (χ4v) is 2.27. The van der Waals surface area contributed by atoms with Crippen molar-refractivity contribution in [1.82, 2.24) is 0 Å². The van der Waals surface area contributed by atoms with Crippen molar-refractivity contribution < 1.29 is 26.2 Å². The number of aliphatic hydroxyl groups is 1. The molecule has 1 N–H and O–H groups in total. The van der Waals surface area contributed by atoms with Crippen molar-refractivity contribution in [3.63, 3.8) is 0 Å². The molecule has 0 amide bonds. The highest BCUT2D eigenvalue weighted by Gasteiger charge is 2.07. The van der Waals surface area contributed by atoms with Crippen LogP contribution in [0.25, 0.3) is 0 Å². The highest BCUT2D eigenvalue weighted by molar-refractivity contribution is 5.42. The van der Waals surface area contributed by atoms with Crippen LogP contribution < -0.4 is 14.2 Å². The maximum Gasteiger partial charge on any atom is 0.160 e. The van der Waals surface area contributed by atoms with Gasteiger partial charge in [0.25, 0.3) is 0 Å². The molecule has 2 rings (SSSR count). The number of benzene rings is 2. The molecule has 1 unspecified atom stereocenters. The highest BCUT2D eigenvalue weighted by Crippen LogP contribution is 2.28. The van der Waals surface area contributed by atoms with E-state index in [1.54, 1.807) is 36.4 Å². The van der Waals surface area contributed by atoms with Gasteiger partial charge in [0.05, 0.1) is 21.7 Å². The third kappa shape index (κ3) is 6.31. The molecule has 0 spiro atoms. The first kappa shape index (κ1) is 13.1. The summed E-state index contributed by atoms with van der Waals surface area (Å²) in [4.78, 5) is 0. The van der Waals surface area contributed by atoms with Crippen molar-refractivity contribution in [3.05, 3.63) is 53.6 Å². The fraction of sp³-hybridized carbons (Fsp3) is 0.429. The number of hydrogen-bond donors (Lipinski definition) is 1. The van der Waals surface area contributed by atoms with Gasteiger partial charge >= 0.3 is 0 Å². The van der Waals surface area contributed by atoms with Gasteiger partial charge in [-0.1, -0.05) is 24.6 Å². The number of aryl methyl sites for hydroxylation is 2. The zero-order chi connectivity index (χ0) is 22.6. The van der Waals surface area contributed by atoms with Gasteiger partial charge in [-0.15, -0.1) is 0 Å². The first-order valence-corrected chi connectivity index (χ1v) is 8.02. The Morgan fingerprint density at radius 1 is 1.12 bits per heavy atom. The Balaban J connectivity index is 2.08. The summed E-state index contributed by atoms with van der Waals surface area (Å²) >= 11 is 0. The SMILES string of the molecule is [2H]C([2H])(Cc1ccc(OC)c(OC)c1)CC([2H])([2H])C([2H])(O)COc1cccc(C)c1. The molecule has 25 heavy (non-hydrogen) atoms. The lowest BCUT2D eigenvalue weighted by Crippen LogP contribution is -2.17. The molecule has 0 aliphatic heterocycles. The van der Waals surface area contributed by atoms with E-state index < -0.39 is 31.9 Å². The van der Waals surface area contributed by atoms with Crippen molar-refractivity contribution in [3.8, 4) is 17.2 Å². The molecule has 4 heteroatoms. The zero-order valence-corrected chi connectivity index (χ0v) is 14.8. The maximum atomic E-state index is 10.4. The van der Waals surface area contributed by atoms with Crippen molar-refractivity contribution in [2.75, 3.05) is 20.8 Å². The summed E-state index contributed by atoms with van der Waals surface area (Å²) in [5.41, 5.74) is 1.51. The molecule has 0 aliphatic carbocycles. The zero-order valence-electron chi connectivity index (χ0n) is 19.8. The Hall–Kier alpha value is -2.20. The standard InChI is InChI=1S/C21H28O4/c1-16-7-6-10-19(13-16)25-15-18(22)9-5-4-8-17-11-12-20(23-2)21(14-17)24-3/h6-7,10-14,18,22H,4-5,8-9,15H2,1-3H3/i4D2,9D2,18D. The summed E-state index contributed by atoms with van der Waals surface area (Å²) in [5.74, 6) is 1.35. The molecule has 0 saturated heterocycles. The van der Waals surface area contributed by atoms with Crippen molar-refractivity contribution in [2.45, 2.75) is 38.6 Å². The van der Waals surface area contributed by atoms with Crippen LogP contribution in [0.5, 0.6) is 17.2 Å². The maximum absolute atomic E-state index is 10.4. The monoisotopic (exact) mass is 349 g/mol. The van der Waals surface area contributed by atoms with Crippen LogP contribution in [-0.2, 0) is 6.42 Å². The van der Waals surface area contributed by atoms with E-state index in [2.05, 4.69) is 0 Å². The topological polar surface area (TPSA) is 47.9 Å². The molecule has 4 nitrogen and oxygen atoms in total. The summed E-state index contributed by atoms with van der Waals surface area (Å²) in [5, 5.41) is 10.4. The fourth-order valence-electron chi connectivity index (χ4n) is 2.27. The average molecular weight is 349 g/mol. The minimum Gasteiger partial charge on any atom is -0.493 e. The molecular formula is C21H28O4. The van der Waals surface area contributed by atoms with Crippen LogP contribution in [-0.4, -0.2) is 32.0 Å². The summed E-state index contributed by atoms with van der Waals surface area (Å²) in [6, 6.07) is 11.9. The van der Waals surface area contributed by atoms with Gasteiger partial charge in [-0.3, -0.25) is 0 Å². The van der Waals surface area contributed by atoms with E-state index in [9.17, 15) is 5.11 Å². The first-order chi connectivity index (χ1) is 13.9. The summed E-state index contributed by atoms with van der Waals surface area (Å²) < 4.78 is 56.7. The smallest absolute Gasteiger partial charge is 0.160 e. The van der Waals surface area contributed by atoms with Gasteiger partial charge in [-0.05, 0) is 61.5 Å². The quantitative estimate of drug-likeness (QED) is 0.699. The van der Waals surface area contributed by atoms with Gasteiger partial charge in [0.1, 0.15) is 12.4 Å². The van der Waals surface area contributed by atoms with Gasteiger partial charge in [-0.2, -0.15) is 0 Å². The Bertz CT molecular complexity index is 855. The number of methoxy groups -OCH3 is 2. The highest BCUT2D eigenvalue weighted by atomic mass is 16.5. The minimum atomic E-state index is -2.64. The van der Waals surface area contributed by atoms with Crippen LogP contribution in [0.1, 0.15) is 37.1 Å². The number of rotatable bonds is 10. The van der Waals surface area contributed by atoms with E-state index in [4.69, 9.17) is 21.1 Å². The van der Waals surface area contributed by atoms with Gasteiger partial charge < -0.3 is 19.3 Å². The van der Waals surface area contributed by atoms with E-state index in [1.807, 2.05) is 13.0 Å². The first-order valence-electron chi connectivity index (χ1n) is 10.5. The van der Waals surface area contributed by atoms with Crippen LogP contribution in [0.4, 0.5) is 0 Å². The van der Waals surface area contributed by atoms with Crippen LogP contribution >= 0.6 is 0 Å². The van der Waals surface area contributed by atoms with Crippen LogP contribution in [0.3, 0.4) is 0 Å². The molecule has 1 atom stereocenters. The van der Waals surface area contributed by atoms with Gasteiger partial charge in [-0.25, -0.2) is 0 Å². The molecule has 0 aliphatic rings. The van der Waals surface area contributed by atoms with E-state index in [-0.39, 0.29) is 6.42 Å².